The van der Waals surface area contributed by atoms with E-state index in [2.05, 4.69) is 14.9 Å². The van der Waals surface area contributed by atoms with Crippen molar-refractivity contribution in [2.75, 3.05) is 44.2 Å². The molecule has 0 unspecified atom stereocenters. The van der Waals surface area contributed by atoms with Crippen molar-refractivity contribution in [3.63, 3.8) is 0 Å². The highest BCUT2D eigenvalue weighted by molar-refractivity contribution is 6.43. The molecule has 31 heavy (non-hydrogen) atoms. The van der Waals surface area contributed by atoms with Gasteiger partial charge in [-0.1, -0.05) is 29.3 Å². The lowest BCUT2D eigenvalue weighted by Gasteiger charge is -2.25. The first-order chi connectivity index (χ1) is 15.2. The average molecular weight is 461 g/mol. The molecule has 0 saturated carbocycles. The van der Waals surface area contributed by atoms with Gasteiger partial charge in [-0.05, 0) is 50.6 Å². The second-order valence-electron chi connectivity index (χ2n) is 7.72. The number of halogens is 2. The van der Waals surface area contributed by atoms with E-state index in [4.69, 9.17) is 27.9 Å². The first-order valence-corrected chi connectivity index (χ1v) is 11.4. The summed E-state index contributed by atoms with van der Waals surface area (Å²) in [6, 6.07) is 9.56. The Kier molecular flexibility index (Phi) is 7.33. The maximum absolute atomic E-state index is 11.1. The molecule has 3 aromatic rings. The standard InChI is InChI=1S/C23H26Cl2N4O2/c24-20-5-3-6-21(23(20)25)28-10-4-9-27(12-13-28)8-1-2-14-31-19-7-11-29-22(15-19)18(17-30)16-26-29/h3,5-7,11,15-17H,1-2,4,8-10,12-14H2. The summed E-state index contributed by atoms with van der Waals surface area (Å²) >= 11 is 12.6. The van der Waals surface area contributed by atoms with Gasteiger partial charge in [0.2, 0.25) is 0 Å². The largest absolute Gasteiger partial charge is 0.493 e. The summed E-state index contributed by atoms with van der Waals surface area (Å²) in [7, 11) is 0. The molecule has 6 nitrogen and oxygen atoms in total. The summed E-state index contributed by atoms with van der Waals surface area (Å²) in [4.78, 5) is 15.9. The molecule has 164 valence electrons. The van der Waals surface area contributed by atoms with E-state index in [-0.39, 0.29) is 0 Å². The Morgan fingerprint density at radius 1 is 1.10 bits per heavy atom. The highest BCUT2D eigenvalue weighted by Crippen LogP contribution is 2.32. The third kappa shape index (κ3) is 5.32. The van der Waals surface area contributed by atoms with Crippen LogP contribution in [-0.4, -0.2) is 60.1 Å². The second-order valence-corrected chi connectivity index (χ2v) is 8.51. The van der Waals surface area contributed by atoms with E-state index in [1.165, 1.54) is 0 Å². The second kappa shape index (κ2) is 10.4. The number of carbonyl (C=O) groups excluding carboxylic acids is 1. The van der Waals surface area contributed by atoms with Crippen molar-refractivity contribution in [3.8, 4) is 5.75 Å². The highest BCUT2D eigenvalue weighted by Gasteiger charge is 2.17. The Labute approximate surface area is 192 Å². The molecule has 3 heterocycles. The predicted molar refractivity (Wildman–Crippen MR) is 125 cm³/mol. The van der Waals surface area contributed by atoms with Gasteiger partial charge < -0.3 is 14.5 Å². The monoisotopic (exact) mass is 460 g/mol. The lowest BCUT2D eigenvalue weighted by atomic mass is 10.2. The number of hydrogen-bond donors (Lipinski definition) is 0. The van der Waals surface area contributed by atoms with Crippen molar-refractivity contribution in [3.05, 3.63) is 58.3 Å². The van der Waals surface area contributed by atoms with Gasteiger partial charge in [0.25, 0.3) is 0 Å². The lowest BCUT2D eigenvalue weighted by Crippen LogP contribution is -2.31. The van der Waals surface area contributed by atoms with Crippen molar-refractivity contribution in [1.29, 1.82) is 0 Å². The topological polar surface area (TPSA) is 50.1 Å². The predicted octanol–water partition coefficient (Wildman–Crippen LogP) is 4.82. The van der Waals surface area contributed by atoms with Gasteiger partial charge in [0.15, 0.2) is 6.29 Å². The lowest BCUT2D eigenvalue weighted by molar-refractivity contribution is 0.112. The molecule has 0 atom stereocenters. The first-order valence-electron chi connectivity index (χ1n) is 10.6. The highest BCUT2D eigenvalue weighted by atomic mass is 35.5. The number of aromatic nitrogens is 2. The Hall–Kier alpha value is -2.28. The molecular weight excluding hydrogens is 435 g/mol. The van der Waals surface area contributed by atoms with Gasteiger partial charge >= 0.3 is 0 Å². The Morgan fingerprint density at radius 3 is 2.87 bits per heavy atom. The molecule has 8 heteroatoms. The summed E-state index contributed by atoms with van der Waals surface area (Å²) in [5.41, 5.74) is 2.36. The average Bonchev–Trinajstić information content (AvgIpc) is 3.05. The van der Waals surface area contributed by atoms with E-state index in [0.29, 0.717) is 22.2 Å². The molecular formula is C23H26Cl2N4O2. The van der Waals surface area contributed by atoms with Crippen molar-refractivity contribution < 1.29 is 9.53 Å². The fraction of sp³-hybridized carbons (Fsp3) is 0.391. The zero-order chi connectivity index (χ0) is 21.6. The molecule has 1 aromatic carbocycles. The van der Waals surface area contributed by atoms with Gasteiger partial charge in [-0.25, -0.2) is 4.52 Å². The van der Waals surface area contributed by atoms with Gasteiger partial charge in [-0.3, -0.25) is 4.79 Å². The number of anilines is 1. The molecule has 1 aliphatic rings. The third-order valence-electron chi connectivity index (χ3n) is 5.65. The minimum atomic E-state index is 0.569. The molecule has 0 aliphatic carbocycles. The summed E-state index contributed by atoms with van der Waals surface area (Å²) in [6.07, 6.45) is 7.35. The summed E-state index contributed by atoms with van der Waals surface area (Å²) in [6.45, 7) is 5.73. The first kappa shape index (κ1) is 21.9. The minimum absolute atomic E-state index is 0.569. The van der Waals surface area contributed by atoms with Crippen LogP contribution in [0.15, 0.2) is 42.7 Å². The Morgan fingerprint density at radius 2 is 2.00 bits per heavy atom. The van der Waals surface area contributed by atoms with Gasteiger partial charge in [0, 0.05) is 31.9 Å². The Bertz CT molecular complexity index is 1040. The SMILES string of the molecule is O=Cc1cnn2ccc(OCCCCN3CCCN(c4cccc(Cl)c4Cl)CC3)cc12. The number of pyridine rings is 1. The van der Waals surface area contributed by atoms with Crippen molar-refractivity contribution >= 4 is 40.7 Å². The zero-order valence-electron chi connectivity index (χ0n) is 17.3. The summed E-state index contributed by atoms with van der Waals surface area (Å²) in [5.74, 6) is 0.764. The Balaban J connectivity index is 1.21. The van der Waals surface area contributed by atoms with Crippen LogP contribution in [0.5, 0.6) is 5.75 Å². The quantitative estimate of drug-likeness (QED) is 0.356. The number of ether oxygens (including phenoxy) is 1. The molecule has 2 aromatic heterocycles. The molecule has 0 N–H and O–H groups in total. The van der Waals surface area contributed by atoms with Crippen LogP contribution in [0.1, 0.15) is 29.6 Å². The maximum atomic E-state index is 11.1. The third-order valence-corrected chi connectivity index (χ3v) is 6.46. The van der Waals surface area contributed by atoms with Gasteiger partial charge in [0.1, 0.15) is 5.75 Å². The number of fused-ring (bicyclic) bond motifs is 1. The smallest absolute Gasteiger partial charge is 0.153 e. The molecule has 0 spiro atoms. The van der Waals surface area contributed by atoms with E-state index in [1.807, 2.05) is 36.5 Å². The number of carbonyl (C=O) groups is 1. The number of benzene rings is 1. The van der Waals surface area contributed by atoms with Crippen molar-refractivity contribution in [2.45, 2.75) is 19.3 Å². The van der Waals surface area contributed by atoms with Crippen LogP contribution in [-0.2, 0) is 0 Å². The number of rotatable bonds is 8. The molecule has 1 fully saturated rings. The van der Waals surface area contributed by atoms with Crippen LogP contribution in [0.2, 0.25) is 10.0 Å². The van der Waals surface area contributed by atoms with Crippen LogP contribution in [0.4, 0.5) is 5.69 Å². The minimum Gasteiger partial charge on any atom is -0.493 e. The van der Waals surface area contributed by atoms with Crippen molar-refractivity contribution in [1.82, 2.24) is 14.5 Å². The van der Waals surface area contributed by atoms with E-state index < -0.39 is 0 Å². The summed E-state index contributed by atoms with van der Waals surface area (Å²) < 4.78 is 7.56. The van der Waals surface area contributed by atoms with Gasteiger partial charge in [0.05, 0.1) is 39.6 Å². The van der Waals surface area contributed by atoms with Crippen LogP contribution in [0.3, 0.4) is 0 Å². The van der Waals surface area contributed by atoms with Crippen molar-refractivity contribution in [2.24, 2.45) is 0 Å². The number of unbranched alkanes of at least 4 members (excludes halogenated alkanes) is 1. The van der Waals surface area contributed by atoms with Crippen LogP contribution >= 0.6 is 23.2 Å². The van der Waals surface area contributed by atoms with Gasteiger partial charge in [-0.2, -0.15) is 5.10 Å². The molecule has 0 bridgehead atoms. The van der Waals surface area contributed by atoms with E-state index in [9.17, 15) is 4.79 Å². The van der Waals surface area contributed by atoms with E-state index in [0.717, 1.165) is 75.2 Å². The molecule has 0 radical (unpaired) electrons. The normalized spacial score (nSPS) is 15.2. The molecule has 4 rings (SSSR count). The number of hydrogen-bond acceptors (Lipinski definition) is 5. The zero-order valence-corrected chi connectivity index (χ0v) is 18.9. The van der Waals surface area contributed by atoms with Gasteiger partial charge in [-0.15, -0.1) is 0 Å². The number of aldehydes is 1. The van der Waals surface area contributed by atoms with Crippen LogP contribution in [0.25, 0.3) is 5.52 Å². The fourth-order valence-electron chi connectivity index (χ4n) is 3.96. The van der Waals surface area contributed by atoms with E-state index in [1.54, 1.807) is 10.7 Å². The summed E-state index contributed by atoms with van der Waals surface area (Å²) in [5, 5.41) is 5.39. The molecule has 1 saturated heterocycles. The maximum Gasteiger partial charge on any atom is 0.153 e. The van der Waals surface area contributed by atoms with E-state index >= 15 is 0 Å². The fourth-order valence-corrected chi connectivity index (χ4v) is 4.38. The van der Waals surface area contributed by atoms with Crippen LogP contribution in [0, 0.1) is 0 Å². The molecule has 1 aliphatic heterocycles. The number of nitrogens with zero attached hydrogens (tertiary/aromatic N) is 4. The molecule has 0 amide bonds. The van der Waals surface area contributed by atoms with Crippen LogP contribution < -0.4 is 9.64 Å².